The summed E-state index contributed by atoms with van der Waals surface area (Å²) in [4.78, 5) is 5.77. The summed E-state index contributed by atoms with van der Waals surface area (Å²) in [5, 5.41) is 3.44. The topological polar surface area (TPSA) is 24.9 Å². The molecule has 0 aliphatic carbocycles. The Hall–Kier alpha value is -0.710. The molecule has 0 atom stereocenters. The SMILES string of the molecule is Cc1ncsc1CCC1(c2ccccc2Br)CNC1. The zero-order valence-corrected chi connectivity index (χ0v) is 13.4. The summed E-state index contributed by atoms with van der Waals surface area (Å²) in [6.45, 7) is 4.26. The maximum absolute atomic E-state index is 4.35. The van der Waals surface area contributed by atoms with Gasteiger partial charge in [-0.15, -0.1) is 11.3 Å². The number of aryl methyl sites for hydroxylation is 2. The minimum atomic E-state index is 0.288. The molecule has 1 N–H and O–H groups in total. The second kappa shape index (κ2) is 5.35. The van der Waals surface area contributed by atoms with Gasteiger partial charge in [0, 0.05) is 27.9 Å². The highest BCUT2D eigenvalue weighted by molar-refractivity contribution is 9.10. The summed E-state index contributed by atoms with van der Waals surface area (Å²) < 4.78 is 1.23. The fraction of sp³-hybridized carbons (Fsp3) is 0.400. The maximum atomic E-state index is 4.35. The molecule has 2 nitrogen and oxygen atoms in total. The number of nitrogens with zero attached hydrogens (tertiary/aromatic N) is 1. The highest BCUT2D eigenvalue weighted by Crippen LogP contribution is 2.38. The molecule has 1 aromatic heterocycles. The first-order valence-corrected chi connectivity index (χ1v) is 8.23. The molecule has 1 fully saturated rings. The van der Waals surface area contributed by atoms with Crippen LogP contribution in [0.3, 0.4) is 0 Å². The van der Waals surface area contributed by atoms with E-state index >= 15 is 0 Å². The molecule has 2 aromatic rings. The average Bonchev–Trinajstić information content (AvgIpc) is 2.76. The van der Waals surface area contributed by atoms with E-state index in [4.69, 9.17) is 0 Å². The Labute approximate surface area is 126 Å². The van der Waals surface area contributed by atoms with Gasteiger partial charge in [0.25, 0.3) is 0 Å². The van der Waals surface area contributed by atoms with E-state index in [0.29, 0.717) is 0 Å². The van der Waals surface area contributed by atoms with Gasteiger partial charge in [-0.25, -0.2) is 4.98 Å². The molecule has 1 saturated heterocycles. The van der Waals surface area contributed by atoms with Gasteiger partial charge in [-0.2, -0.15) is 0 Å². The van der Waals surface area contributed by atoms with Crippen LogP contribution < -0.4 is 5.32 Å². The van der Waals surface area contributed by atoms with Gasteiger partial charge in [0.15, 0.2) is 0 Å². The molecule has 0 bridgehead atoms. The summed E-state index contributed by atoms with van der Waals surface area (Å²) in [5.41, 5.74) is 4.88. The lowest BCUT2D eigenvalue weighted by atomic mass is 9.72. The third-order valence-corrected chi connectivity index (χ3v) is 5.73. The lowest BCUT2D eigenvalue weighted by Crippen LogP contribution is -2.57. The number of benzene rings is 1. The Morgan fingerprint density at radius 2 is 2.16 bits per heavy atom. The van der Waals surface area contributed by atoms with Crippen molar-refractivity contribution in [2.24, 2.45) is 0 Å². The molecule has 1 aliphatic rings. The number of nitrogens with one attached hydrogen (secondary N) is 1. The molecular weight excluding hydrogens is 320 g/mol. The molecule has 0 spiro atoms. The van der Waals surface area contributed by atoms with Gasteiger partial charge >= 0.3 is 0 Å². The summed E-state index contributed by atoms with van der Waals surface area (Å²) >= 11 is 5.48. The van der Waals surface area contributed by atoms with Crippen molar-refractivity contribution >= 4 is 27.3 Å². The first kappa shape index (κ1) is 13.3. The second-order valence-electron chi connectivity index (χ2n) is 5.22. The lowest BCUT2D eigenvalue weighted by Gasteiger charge is -2.44. The molecule has 1 aliphatic heterocycles. The molecular formula is C15H17BrN2S. The van der Waals surface area contributed by atoms with Crippen LogP contribution in [0.15, 0.2) is 34.2 Å². The highest BCUT2D eigenvalue weighted by Gasteiger charge is 2.39. The molecule has 2 heterocycles. The number of rotatable bonds is 4. The van der Waals surface area contributed by atoms with Crippen molar-refractivity contribution in [3.63, 3.8) is 0 Å². The minimum Gasteiger partial charge on any atom is -0.315 e. The van der Waals surface area contributed by atoms with Crippen molar-refractivity contribution in [1.29, 1.82) is 0 Å². The van der Waals surface area contributed by atoms with Gasteiger partial charge in [0.1, 0.15) is 0 Å². The Morgan fingerprint density at radius 1 is 1.37 bits per heavy atom. The van der Waals surface area contributed by atoms with E-state index in [0.717, 1.165) is 19.5 Å². The Bertz CT molecular complexity index is 575. The molecule has 100 valence electrons. The van der Waals surface area contributed by atoms with Crippen LogP contribution in [-0.4, -0.2) is 18.1 Å². The summed E-state index contributed by atoms with van der Waals surface area (Å²) in [6.07, 6.45) is 2.31. The Kier molecular flexibility index (Phi) is 3.74. The van der Waals surface area contributed by atoms with Crippen LogP contribution in [0.5, 0.6) is 0 Å². The summed E-state index contributed by atoms with van der Waals surface area (Å²) in [7, 11) is 0. The standard InChI is InChI=1S/C15H17BrN2S/c1-11-14(19-10-18-11)6-7-15(8-17-9-15)12-4-2-3-5-13(12)16/h2-5,10,17H,6-9H2,1H3. The van der Waals surface area contributed by atoms with Crippen LogP contribution in [0.25, 0.3) is 0 Å². The van der Waals surface area contributed by atoms with E-state index < -0.39 is 0 Å². The normalized spacial score (nSPS) is 17.2. The van der Waals surface area contributed by atoms with Crippen LogP contribution in [0, 0.1) is 6.92 Å². The predicted molar refractivity (Wildman–Crippen MR) is 83.9 cm³/mol. The second-order valence-corrected chi connectivity index (χ2v) is 7.02. The van der Waals surface area contributed by atoms with Crippen LogP contribution in [0.2, 0.25) is 0 Å². The van der Waals surface area contributed by atoms with Crippen LogP contribution in [0.1, 0.15) is 22.6 Å². The smallest absolute Gasteiger partial charge is 0.0797 e. The maximum Gasteiger partial charge on any atom is 0.0797 e. The number of aromatic nitrogens is 1. The van der Waals surface area contributed by atoms with Crippen molar-refractivity contribution in [2.75, 3.05) is 13.1 Å². The van der Waals surface area contributed by atoms with Gasteiger partial charge in [-0.05, 0) is 31.4 Å². The molecule has 0 unspecified atom stereocenters. The highest BCUT2D eigenvalue weighted by atomic mass is 79.9. The largest absolute Gasteiger partial charge is 0.315 e. The van der Waals surface area contributed by atoms with Crippen molar-refractivity contribution in [3.05, 3.63) is 50.4 Å². The first-order chi connectivity index (χ1) is 9.21. The zero-order valence-electron chi connectivity index (χ0n) is 10.9. The van der Waals surface area contributed by atoms with E-state index in [9.17, 15) is 0 Å². The van der Waals surface area contributed by atoms with E-state index in [-0.39, 0.29) is 5.41 Å². The molecule has 3 rings (SSSR count). The number of thiazole rings is 1. The Balaban J connectivity index is 1.81. The molecule has 1 aromatic carbocycles. The van der Waals surface area contributed by atoms with Crippen molar-refractivity contribution in [2.45, 2.75) is 25.2 Å². The summed E-state index contributed by atoms with van der Waals surface area (Å²) in [6, 6.07) is 8.62. The van der Waals surface area contributed by atoms with Crippen LogP contribution in [0.4, 0.5) is 0 Å². The average molecular weight is 337 g/mol. The van der Waals surface area contributed by atoms with Crippen LogP contribution >= 0.6 is 27.3 Å². The van der Waals surface area contributed by atoms with E-state index in [2.05, 4.69) is 57.4 Å². The number of hydrogen-bond acceptors (Lipinski definition) is 3. The van der Waals surface area contributed by atoms with Gasteiger partial charge in [0.2, 0.25) is 0 Å². The fourth-order valence-electron chi connectivity index (χ4n) is 2.74. The number of halogens is 1. The third kappa shape index (κ3) is 2.49. The van der Waals surface area contributed by atoms with Gasteiger partial charge in [-0.3, -0.25) is 0 Å². The summed E-state index contributed by atoms with van der Waals surface area (Å²) in [5.74, 6) is 0. The number of hydrogen-bond donors (Lipinski definition) is 1. The van der Waals surface area contributed by atoms with Gasteiger partial charge in [-0.1, -0.05) is 34.1 Å². The molecule has 0 radical (unpaired) electrons. The molecule has 0 amide bonds. The lowest BCUT2D eigenvalue weighted by molar-refractivity contribution is 0.257. The zero-order chi connectivity index (χ0) is 13.3. The van der Waals surface area contributed by atoms with Gasteiger partial charge < -0.3 is 5.32 Å². The van der Waals surface area contributed by atoms with Crippen LogP contribution in [-0.2, 0) is 11.8 Å². The fourth-order valence-corrected chi connectivity index (χ4v) is 4.23. The van der Waals surface area contributed by atoms with Crippen molar-refractivity contribution in [3.8, 4) is 0 Å². The molecule has 4 heteroatoms. The third-order valence-electron chi connectivity index (χ3n) is 4.05. The van der Waals surface area contributed by atoms with E-state index in [1.807, 2.05) is 5.51 Å². The van der Waals surface area contributed by atoms with E-state index in [1.54, 1.807) is 11.3 Å². The predicted octanol–water partition coefficient (Wildman–Crippen LogP) is 3.69. The van der Waals surface area contributed by atoms with E-state index in [1.165, 1.54) is 27.0 Å². The monoisotopic (exact) mass is 336 g/mol. The quantitative estimate of drug-likeness (QED) is 0.920. The molecule has 0 saturated carbocycles. The molecule has 19 heavy (non-hydrogen) atoms. The van der Waals surface area contributed by atoms with Crippen molar-refractivity contribution in [1.82, 2.24) is 10.3 Å². The Morgan fingerprint density at radius 3 is 2.74 bits per heavy atom. The minimum absolute atomic E-state index is 0.288. The first-order valence-electron chi connectivity index (χ1n) is 6.56. The van der Waals surface area contributed by atoms with Crippen molar-refractivity contribution < 1.29 is 0 Å². The van der Waals surface area contributed by atoms with Gasteiger partial charge in [0.05, 0.1) is 11.2 Å².